The van der Waals surface area contributed by atoms with Gasteiger partial charge in [0.05, 0.1) is 0 Å². The minimum Gasteiger partial charge on any atom is -0.313 e. The molecule has 0 N–H and O–H groups in total. The number of benzene rings is 2. The third-order valence-corrected chi connectivity index (χ3v) is 5.77. The Hall–Kier alpha value is -2.82. The van der Waals surface area contributed by atoms with Crippen molar-refractivity contribution in [3.8, 4) is 0 Å². The van der Waals surface area contributed by atoms with Gasteiger partial charge in [0.25, 0.3) is 0 Å². The Labute approximate surface area is 166 Å². The van der Waals surface area contributed by atoms with Crippen molar-refractivity contribution in [3.63, 3.8) is 0 Å². The monoisotopic (exact) mass is 377 g/mol. The minimum absolute atomic E-state index is 0.0113. The van der Waals surface area contributed by atoms with Crippen molar-refractivity contribution in [3.05, 3.63) is 59.7 Å². The van der Waals surface area contributed by atoms with Crippen LogP contribution in [-0.4, -0.2) is 42.5 Å². The van der Waals surface area contributed by atoms with Crippen LogP contribution in [-0.2, 0) is 11.2 Å². The van der Waals surface area contributed by atoms with Crippen molar-refractivity contribution in [2.75, 3.05) is 29.4 Å². The summed E-state index contributed by atoms with van der Waals surface area (Å²) >= 11 is 0. The standard InChI is InChI=1S/C23H27N3O2/c1-16(2)18-8-10-20(11-9-18)25-13-12-24(23(25)28)15-22(27)26-17(3)14-19-6-4-5-7-21(19)26/h4-11,16-17H,12-15H2,1-3H3. The molecule has 0 aliphatic carbocycles. The summed E-state index contributed by atoms with van der Waals surface area (Å²) in [6.07, 6.45) is 0.865. The van der Waals surface area contributed by atoms with Gasteiger partial charge in [-0.15, -0.1) is 0 Å². The van der Waals surface area contributed by atoms with Crippen LogP contribution in [0.15, 0.2) is 48.5 Å². The Balaban J connectivity index is 1.45. The number of para-hydroxylation sites is 1. The van der Waals surface area contributed by atoms with Gasteiger partial charge < -0.3 is 9.80 Å². The molecule has 2 heterocycles. The number of nitrogens with zero attached hydrogens (tertiary/aromatic N) is 3. The normalized spacial score (nSPS) is 18.9. The second-order valence-electron chi connectivity index (χ2n) is 8.05. The molecule has 2 aliphatic heterocycles. The van der Waals surface area contributed by atoms with Gasteiger partial charge in [-0.3, -0.25) is 9.69 Å². The highest BCUT2D eigenvalue weighted by atomic mass is 16.2. The predicted octanol–water partition coefficient (Wildman–Crippen LogP) is 4.03. The molecular formula is C23H27N3O2. The van der Waals surface area contributed by atoms with Gasteiger partial charge in [-0.1, -0.05) is 44.2 Å². The second-order valence-corrected chi connectivity index (χ2v) is 8.05. The van der Waals surface area contributed by atoms with Crippen molar-refractivity contribution in [1.82, 2.24) is 4.90 Å². The van der Waals surface area contributed by atoms with E-state index in [9.17, 15) is 9.59 Å². The fourth-order valence-electron chi connectivity index (χ4n) is 4.19. The summed E-state index contributed by atoms with van der Waals surface area (Å²) in [6.45, 7) is 7.67. The van der Waals surface area contributed by atoms with Crippen LogP contribution in [0, 0.1) is 0 Å². The first-order valence-electron chi connectivity index (χ1n) is 10.0. The van der Waals surface area contributed by atoms with Crippen LogP contribution in [0.2, 0.25) is 0 Å². The van der Waals surface area contributed by atoms with Crippen LogP contribution >= 0.6 is 0 Å². The van der Waals surface area contributed by atoms with Gasteiger partial charge in [0.15, 0.2) is 0 Å². The van der Waals surface area contributed by atoms with Crippen LogP contribution < -0.4 is 9.80 Å². The fraction of sp³-hybridized carbons (Fsp3) is 0.391. The molecular weight excluding hydrogens is 350 g/mol. The number of amides is 3. The van der Waals surface area contributed by atoms with Gasteiger partial charge in [0, 0.05) is 30.5 Å². The van der Waals surface area contributed by atoms with Crippen molar-refractivity contribution in [1.29, 1.82) is 0 Å². The molecule has 1 saturated heterocycles. The van der Waals surface area contributed by atoms with E-state index in [1.807, 2.05) is 35.2 Å². The quantitative estimate of drug-likeness (QED) is 0.807. The van der Waals surface area contributed by atoms with E-state index >= 15 is 0 Å². The minimum atomic E-state index is -0.0919. The molecule has 4 rings (SSSR count). The molecule has 3 amide bonds. The molecule has 5 nitrogen and oxygen atoms in total. The van der Waals surface area contributed by atoms with Crippen LogP contribution in [0.1, 0.15) is 37.8 Å². The number of fused-ring (bicyclic) bond motifs is 1. The topological polar surface area (TPSA) is 43.9 Å². The lowest BCUT2D eigenvalue weighted by Gasteiger charge is -2.25. The molecule has 2 aromatic rings. The lowest BCUT2D eigenvalue weighted by Crippen LogP contribution is -2.44. The highest BCUT2D eigenvalue weighted by Gasteiger charge is 2.35. The average Bonchev–Trinajstić information content (AvgIpc) is 3.21. The van der Waals surface area contributed by atoms with Gasteiger partial charge in [0.1, 0.15) is 6.54 Å². The molecule has 1 unspecified atom stereocenters. The summed E-state index contributed by atoms with van der Waals surface area (Å²) in [7, 11) is 0. The third kappa shape index (κ3) is 3.26. The van der Waals surface area contributed by atoms with E-state index in [0.717, 1.165) is 17.8 Å². The van der Waals surface area contributed by atoms with E-state index in [0.29, 0.717) is 19.0 Å². The highest BCUT2D eigenvalue weighted by Crippen LogP contribution is 2.32. The average molecular weight is 377 g/mol. The maximum Gasteiger partial charge on any atom is 0.325 e. The van der Waals surface area contributed by atoms with Gasteiger partial charge in [-0.2, -0.15) is 0 Å². The van der Waals surface area contributed by atoms with E-state index in [-0.39, 0.29) is 24.5 Å². The molecule has 0 spiro atoms. The zero-order chi connectivity index (χ0) is 19.8. The lowest BCUT2D eigenvalue weighted by molar-refractivity contribution is -0.119. The van der Waals surface area contributed by atoms with Gasteiger partial charge in [-0.05, 0) is 48.6 Å². The molecule has 0 radical (unpaired) electrons. The largest absolute Gasteiger partial charge is 0.325 e. The molecule has 2 aliphatic rings. The van der Waals surface area contributed by atoms with E-state index in [1.54, 1.807) is 9.80 Å². The molecule has 2 aromatic carbocycles. The smallest absolute Gasteiger partial charge is 0.313 e. The third-order valence-electron chi connectivity index (χ3n) is 5.77. The maximum absolute atomic E-state index is 13.0. The summed E-state index contributed by atoms with van der Waals surface area (Å²) in [5.41, 5.74) is 4.32. The molecule has 5 heteroatoms. The summed E-state index contributed by atoms with van der Waals surface area (Å²) in [4.78, 5) is 31.2. The number of anilines is 2. The molecule has 1 fully saturated rings. The Kier molecular flexibility index (Phi) is 4.84. The zero-order valence-electron chi connectivity index (χ0n) is 16.8. The maximum atomic E-state index is 13.0. The fourth-order valence-corrected chi connectivity index (χ4v) is 4.19. The van der Waals surface area contributed by atoms with E-state index < -0.39 is 0 Å². The molecule has 146 valence electrons. The van der Waals surface area contributed by atoms with E-state index in [2.05, 4.69) is 39.0 Å². The number of carbonyl (C=O) groups excluding carboxylic acids is 2. The van der Waals surface area contributed by atoms with Crippen molar-refractivity contribution in [2.24, 2.45) is 0 Å². The van der Waals surface area contributed by atoms with Gasteiger partial charge in [-0.25, -0.2) is 4.79 Å². The van der Waals surface area contributed by atoms with Gasteiger partial charge >= 0.3 is 6.03 Å². The first-order chi connectivity index (χ1) is 13.5. The number of carbonyl (C=O) groups is 2. The van der Waals surface area contributed by atoms with E-state index in [1.165, 1.54) is 11.1 Å². The number of urea groups is 1. The summed E-state index contributed by atoms with van der Waals surface area (Å²) < 4.78 is 0. The first kappa shape index (κ1) is 18.5. The molecule has 28 heavy (non-hydrogen) atoms. The van der Waals surface area contributed by atoms with Crippen LogP contribution in [0.25, 0.3) is 0 Å². The molecule has 0 saturated carbocycles. The Morgan fingerprint density at radius 1 is 1.07 bits per heavy atom. The molecule has 0 bridgehead atoms. The number of hydrogen-bond acceptors (Lipinski definition) is 2. The Bertz CT molecular complexity index is 891. The van der Waals surface area contributed by atoms with Crippen LogP contribution in [0.4, 0.5) is 16.2 Å². The van der Waals surface area contributed by atoms with Crippen molar-refractivity contribution < 1.29 is 9.59 Å². The number of hydrogen-bond donors (Lipinski definition) is 0. The summed E-state index contributed by atoms with van der Waals surface area (Å²) in [5.74, 6) is 0.450. The SMILES string of the molecule is CC(C)c1ccc(N2CCN(CC(=O)N3c4ccccc4CC3C)C2=O)cc1. The second kappa shape index (κ2) is 7.30. The predicted molar refractivity (Wildman–Crippen MR) is 112 cm³/mol. The number of rotatable bonds is 4. The van der Waals surface area contributed by atoms with Gasteiger partial charge in [0.2, 0.25) is 5.91 Å². The first-order valence-corrected chi connectivity index (χ1v) is 10.0. The summed E-state index contributed by atoms with van der Waals surface area (Å²) in [6, 6.07) is 16.2. The van der Waals surface area contributed by atoms with E-state index in [4.69, 9.17) is 0 Å². The van der Waals surface area contributed by atoms with Crippen molar-refractivity contribution in [2.45, 2.75) is 39.2 Å². The van der Waals surface area contributed by atoms with Crippen LogP contribution in [0.5, 0.6) is 0 Å². The molecule has 0 aromatic heterocycles. The molecule has 1 atom stereocenters. The Morgan fingerprint density at radius 3 is 2.50 bits per heavy atom. The zero-order valence-corrected chi connectivity index (χ0v) is 16.8. The Morgan fingerprint density at radius 2 is 1.79 bits per heavy atom. The summed E-state index contributed by atoms with van der Waals surface area (Å²) in [5, 5.41) is 0. The highest BCUT2D eigenvalue weighted by molar-refractivity contribution is 6.01. The lowest BCUT2D eigenvalue weighted by atomic mass is 10.0. The van der Waals surface area contributed by atoms with Crippen molar-refractivity contribution >= 4 is 23.3 Å². The van der Waals surface area contributed by atoms with Crippen LogP contribution in [0.3, 0.4) is 0 Å².